The summed E-state index contributed by atoms with van der Waals surface area (Å²) in [6, 6.07) is 18.4. The Morgan fingerprint density at radius 3 is 2.67 bits per heavy atom. The molecule has 1 fully saturated rings. The molecule has 0 aliphatic heterocycles. The number of pyridine rings is 2. The molecule has 3 aromatic heterocycles. The molecule has 8 nitrogen and oxygen atoms in total. The Morgan fingerprint density at radius 2 is 1.95 bits per heavy atom. The van der Waals surface area contributed by atoms with E-state index in [1.54, 1.807) is 30.7 Å². The summed E-state index contributed by atoms with van der Waals surface area (Å²) in [6.45, 7) is 2.09. The molecule has 0 spiro atoms. The zero-order valence-electron chi connectivity index (χ0n) is 22.3. The third-order valence-electron chi connectivity index (χ3n) is 6.88. The van der Waals surface area contributed by atoms with E-state index in [-0.39, 0.29) is 6.04 Å². The fourth-order valence-corrected chi connectivity index (χ4v) is 4.97. The van der Waals surface area contributed by atoms with Crippen LogP contribution in [-0.2, 0) is 0 Å². The van der Waals surface area contributed by atoms with Crippen molar-refractivity contribution in [1.29, 1.82) is 5.26 Å². The Balaban J connectivity index is 1.45. The van der Waals surface area contributed by atoms with Gasteiger partial charge in [-0.15, -0.1) is 5.10 Å². The lowest BCUT2D eigenvalue weighted by atomic mass is 10.0. The predicted molar refractivity (Wildman–Crippen MR) is 153 cm³/mol. The number of benzene rings is 2. The van der Waals surface area contributed by atoms with E-state index in [0.29, 0.717) is 50.2 Å². The normalized spacial score (nSPS) is 15.7. The van der Waals surface area contributed by atoms with Crippen LogP contribution in [0.1, 0.15) is 68.0 Å². The van der Waals surface area contributed by atoms with Gasteiger partial charge in [-0.2, -0.15) is 5.26 Å². The summed E-state index contributed by atoms with van der Waals surface area (Å²) in [4.78, 5) is 8.75. The maximum atomic E-state index is 9.98. The number of halogens is 1. The summed E-state index contributed by atoms with van der Waals surface area (Å²) in [7, 11) is 0. The first-order chi connectivity index (χ1) is 19.5. The SMILES string of the molecule is [2H]C(Nc1cc(Cl)c2ncc(C#N)c(NC(CC)c3ccccc3)c2c1)(c1cccnc1)c1cn(C2CC2)nn1. The van der Waals surface area contributed by atoms with Crippen LogP contribution in [-0.4, -0.2) is 25.0 Å². The highest BCUT2D eigenvalue weighted by atomic mass is 35.5. The van der Waals surface area contributed by atoms with Gasteiger partial charge in [0.2, 0.25) is 0 Å². The van der Waals surface area contributed by atoms with Crippen molar-refractivity contribution in [3.05, 3.63) is 107 Å². The highest BCUT2D eigenvalue weighted by molar-refractivity contribution is 6.35. The molecule has 1 aliphatic rings. The number of nitrogens with one attached hydrogen (secondary N) is 2. The van der Waals surface area contributed by atoms with Crippen molar-refractivity contribution in [1.82, 2.24) is 25.0 Å². The summed E-state index contributed by atoms with van der Waals surface area (Å²) in [5.41, 5.74) is 4.35. The van der Waals surface area contributed by atoms with Crippen LogP contribution in [0.25, 0.3) is 10.9 Å². The van der Waals surface area contributed by atoms with Crippen LogP contribution >= 0.6 is 11.6 Å². The number of fused-ring (bicyclic) bond motifs is 1. The number of hydrogen-bond acceptors (Lipinski definition) is 7. The van der Waals surface area contributed by atoms with E-state index < -0.39 is 6.02 Å². The Morgan fingerprint density at radius 1 is 1.13 bits per heavy atom. The van der Waals surface area contributed by atoms with Crippen molar-refractivity contribution in [2.75, 3.05) is 10.6 Å². The van der Waals surface area contributed by atoms with Gasteiger partial charge in [0, 0.05) is 29.7 Å². The molecule has 0 bridgehead atoms. The van der Waals surface area contributed by atoms with Crippen LogP contribution in [0.3, 0.4) is 0 Å². The molecule has 194 valence electrons. The van der Waals surface area contributed by atoms with Crippen LogP contribution in [0.4, 0.5) is 11.4 Å². The largest absolute Gasteiger partial charge is 0.377 e. The van der Waals surface area contributed by atoms with Gasteiger partial charge in [0.05, 0.1) is 47.5 Å². The fourth-order valence-electron chi connectivity index (χ4n) is 4.70. The molecule has 1 saturated carbocycles. The van der Waals surface area contributed by atoms with Gasteiger partial charge in [0.1, 0.15) is 11.8 Å². The van der Waals surface area contributed by atoms with E-state index in [2.05, 4.69) is 56.0 Å². The van der Waals surface area contributed by atoms with Gasteiger partial charge in [0.15, 0.2) is 0 Å². The number of nitriles is 1. The second kappa shape index (κ2) is 10.7. The molecule has 0 radical (unpaired) electrons. The smallest absolute Gasteiger partial charge is 0.110 e. The lowest BCUT2D eigenvalue weighted by Gasteiger charge is -2.22. The summed E-state index contributed by atoms with van der Waals surface area (Å²) in [6.07, 6.45) is 9.59. The first-order valence-electron chi connectivity index (χ1n) is 13.4. The molecule has 6 rings (SSSR count). The first-order valence-corrected chi connectivity index (χ1v) is 13.3. The number of aromatic nitrogens is 5. The third-order valence-corrected chi connectivity index (χ3v) is 7.17. The molecule has 2 atom stereocenters. The molecule has 9 heteroatoms. The number of rotatable bonds is 9. The number of hydrogen-bond donors (Lipinski definition) is 2. The maximum absolute atomic E-state index is 9.98. The van der Waals surface area contributed by atoms with Crippen LogP contribution in [0.15, 0.2) is 79.4 Å². The van der Waals surface area contributed by atoms with Gasteiger partial charge in [-0.05, 0) is 48.6 Å². The van der Waals surface area contributed by atoms with Crippen LogP contribution in [0.2, 0.25) is 5.02 Å². The van der Waals surface area contributed by atoms with Crippen molar-refractivity contribution in [3.8, 4) is 6.07 Å². The highest BCUT2D eigenvalue weighted by Crippen LogP contribution is 2.38. The van der Waals surface area contributed by atoms with Crippen molar-refractivity contribution >= 4 is 33.9 Å². The molecule has 0 saturated heterocycles. The van der Waals surface area contributed by atoms with Crippen LogP contribution in [0, 0.1) is 11.3 Å². The summed E-state index contributed by atoms with van der Waals surface area (Å²) >= 11 is 6.77. The van der Waals surface area contributed by atoms with Gasteiger partial charge >= 0.3 is 0 Å². The molecule has 0 amide bonds. The van der Waals surface area contributed by atoms with E-state index in [9.17, 15) is 6.63 Å². The Labute approximate surface area is 233 Å². The maximum Gasteiger partial charge on any atom is 0.110 e. The van der Waals surface area contributed by atoms with E-state index in [4.69, 9.17) is 11.6 Å². The zero-order chi connectivity index (χ0) is 27.7. The Bertz CT molecular complexity index is 1700. The van der Waals surface area contributed by atoms with E-state index in [1.165, 1.54) is 0 Å². The molecular weight excluding hydrogens is 508 g/mol. The van der Waals surface area contributed by atoms with Gasteiger partial charge in [-0.3, -0.25) is 9.97 Å². The second-order valence-corrected chi connectivity index (χ2v) is 9.99. The van der Waals surface area contributed by atoms with Crippen LogP contribution < -0.4 is 10.6 Å². The van der Waals surface area contributed by atoms with Crippen molar-refractivity contribution < 1.29 is 1.37 Å². The molecule has 39 heavy (non-hydrogen) atoms. The average Bonchev–Trinajstić information content (AvgIpc) is 3.72. The molecule has 2 unspecified atom stereocenters. The van der Waals surface area contributed by atoms with E-state index in [1.807, 2.05) is 41.2 Å². The quantitative estimate of drug-likeness (QED) is 0.213. The Hall–Kier alpha value is -4.48. The molecule has 3 heterocycles. The average molecular weight is 536 g/mol. The lowest BCUT2D eigenvalue weighted by Crippen LogP contribution is -2.14. The molecule has 2 aromatic carbocycles. The minimum absolute atomic E-state index is 0.0302. The molecule has 2 N–H and O–H groups in total. The predicted octanol–water partition coefficient (Wildman–Crippen LogP) is 6.85. The summed E-state index contributed by atoms with van der Waals surface area (Å²) < 4.78 is 11.4. The molecule has 1 aliphatic carbocycles. The topological polar surface area (TPSA) is 104 Å². The van der Waals surface area contributed by atoms with E-state index in [0.717, 1.165) is 24.8 Å². The minimum Gasteiger partial charge on any atom is -0.377 e. The standard InChI is InChI=1S/C30H27ClN8/c1-2-26(19-7-4-3-5-8-19)36-28-21(15-32)17-34-30-24(28)13-22(14-25(30)31)35-29(20-9-6-12-33-16-20)27-18-39(38-37-27)23-10-11-23/h3-9,12-14,16-18,23,26,29,35H,2,10-11H2,1H3,(H,34,36)/i29D. The lowest BCUT2D eigenvalue weighted by molar-refractivity contribution is 0.610. The third kappa shape index (κ3) is 5.14. The van der Waals surface area contributed by atoms with Gasteiger partial charge < -0.3 is 10.6 Å². The molecular formula is C30H27ClN8. The zero-order valence-corrected chi connectivity index (χ0v) is 22.1. The van der Waals surface area contributed by atoms with E-state index >= 15 is 0 Å². The monoisotopic (exact) mass is 535 g/mol. The summed E-state index contributed by atoms with van der Waals surface area (Å²) in [5.74, 6) is 0. The van der Waals surface area contributed by atoms with Crippen molar-refractivity contribution in [3.63, 3.8) is 0 Å². The molecule has 5 aromatic rings. The first kappa shape index (κ1) is 23.6. The summed E-state index contributed by atoms with van der Waals surface area (Å²) in [5, 5.41) is 26.6. The van der Waals surface area contributed by atoms with Crippen LogP contribution in [0.5, 0.6) is 0 Å². The fraction of sp³-hybridized carbons (Fsp3) is 0.233. The van der Waals surface area contributed by atoms with Crippen molar-refractivity contribution in [2.45, 2.75) is 44.3 Å². The van der Waals surface area contributed by atoms with Gasteiger partial charge in [-0.1, -0.05) is 60.1 Å². The van der Waals surface area contributed by atoms with Gasteiger partial charge in [0.25, 0.3) is 0 Å². The van der Waals surface area contributed by atoms with Crippen molar-refractivity contribution in [2.24, 2.45) is 0 Å². The highest BCUT2D eigenvalue weighted by Gasteiger charge is 2.27. The Kier molecular flexibility index (Phi) is 6.49. The number of nitrogens with zero attached hydrogens (tertiary/aromatic N) is 6. The van der Waals surface area contributed by atoms with Gasteiger partial charge in [-0.25, -0.2) is 4.68 Å². The second-order valence-electron chi connectivity index (χ2n) is 9.59. The minimum atomic E-state index is -1.50. The number of anilines is 2.